The Morgan fingerprint density at radius 2 is 2.12 bits per heavy atom. The normalized spacial score (nSPS) is 10.7. The summed E-state index contributed by atoms with van der Waals surface area (Å²) in [7, 11) is 0. The van der Waals surface area contributed by atoms with Crippen LogP contribution in [-0.2, 0) is 0 Å². The Bertz CT molecular complexity index is 593. The fraction of sp³-hybridized carbons (Fsp3) is 0.167. The third kappa shape index (κ3) is 1.63. The van der Waals surface area contributed by atoms with Crippen LogP contribution in [0.15, 0.2) is 24.4 Å². The molecule has 0 aliphatic rings. The van der Waals surface area contributed by atoms with E-state index in [1.54, 1.807) is 12.1 Å². The minimum absolute atomic E-state index is 0.138. The summed E-state index contributed by atoms with van der Waals surface area (Å²) in [5.74, 6) is -0.138. The van der Waals surface area contributed by atoms with E-state index in [9.17, 15) is 10.0 Å². The number of nitrogens with zero attached hydrogens (tertiary/aromatic N) is 1. The molecule has 4 heteroatoms. The number of Topliss-reactive ketones (excluding diaryl/α,β-unsaturated/α-hetero) is 1. The summed E-state index contributed by atoms with van der Waals surface area (Å²) in [6.45, 7) is 3.31. The highest BCUT2D eigenvalue weighted by atomic mass is 35.5. The van der Waals surface area contributed by atoms with Crippen molar-refractivity contribution < 1.29 is 9.52 Å². The van der Waals surface area contributed by atoms with Gasteiger partial charge in [-0.15, -0.1) is 0 Å². The van der Waals surface area contributed by atoms with E-state index in [0.717, 1.165) is 5.56 Å². The minimum atomic E-state index is -0.138. The highest BCUT2D eigenvalue weighted by Crippen LogP contribution is 2.24. The van der Waals surface area contributed by atoms with Gasteiger partial charge in [0.1, 0.15) is 0 Å². The average Bonchev–Trinajstić information content (AvgIpc) is 2.22. The lowest BCUT2D eigenvalue weighted by Crippen LogP contribution is -2.28. The van der Waals surface area contributed by atoms with Crippen molar-refractivity contribution in [2.24, 2.45) is 0 Å². The predicted molar refractivity (Wildman–Crippen MR) is 62.7 cm³/mol. The van der Waals surface area contributed by atoms with Crippen LogP contribution in [-0.4, -0.2) is 5.78 Å². The molecule has 0 bridgehead atoms. The molecule has 0 radical (unpaired) electrons. The molecule has 16 heavy (non-hydrogen) atoms. The number of hydrogen-bond acceptors (Lipinski definition) is 2. The first-order valence-electron chi connectivity index (χ1n) is 4.83. The lowest BCUT2D eigenvalue weighted by Gasteiger charge is -2.07. The van der Waals surface area contributed by atoms with E-state index in [4.69, 9.17) is 11.6 Å². The van der Waals surface area contributed by atoms with Gasteiger partial charge in [-0.25, -0.2) is 0 Å². The molecule has 0 spiro atoms. The van der Waals surface area contributed by atoms with Crippen molar-refractivity contribution in [2.45, 2.75) is 13.8 Å². The quantitative estimate of drug-likeness (QED) is 0.433. The maximum atomic E-state index is 11.7. The molecular weight excluding hydrogens is 226 g/mol. The molecule has 1 aromatic carbocycles. The molecule has 0 saturated carbocycles. The first-order chi connectivity index (χ1) is 7.50. The van der Waals surface area contributed by atoms with Crippen molar-refractivity contribution in [1.82, 2.24) is 0 Å². The highest BCUT2D eigenvalue weighted by Gasteiger charge is 2.16. The molecule has 82 valence electrons. The molecule has 0 saturated heterocycles. The molecular formula is C12H10ClNO2. The maximum absolute atomic E-state index is 11.7. The first kappa shape index (κ1) is 10.9. The number of halogens is 1. The van der Waals surface area contributed by atoms with Gasteiger partial charge in [0.2, 0.25) is 5.52 Å². The van der Waals surface area contributed by atoms with E-state index in [2.05, 4.69) is 0 Å². The Morgan fingerprint density at radius 1 is 1.44 bits per heavy atom. The van der Waals surface area contributed by atoms with Crippen LogP contribution in [0.5, 0.6) is 0 Å². The third-order valence-electron chi connectivity index (χ3n) is 2.47. The minimum Gasteiger partial charge on any atom is -0.618 e. The van der Waals surface area contributed by atoms with Gasteiger partial charge in [-0.2, -0.15) is 4.73 Å². The summed E-state index contributed by atoms with van der Waals surface area (Å²) >= 11 is 6.01. The number of rotatable bonds is 1. The van der Waals surface area contributed by atoms with Gasteiger partial charge in [0.05, 0.1) is 16.0 Å². The van der Waals surface area contributed by atoms with Gasteiger partial charge in [0.15, 0.2) is 12.0 Å². The summed E-state index contributed by atoms with van der Waals surface area (Å²) < 4.78 is 0.678. The van der Waals surface area contributed by atoms with Gasteiger partial charge in [-0.3, -0.25) is 4.79 Å². The van der Waals surface area contributed by atoms with Crippen LogP contribution in [0, 0.1) is 12.1 Å². The van der Waals surface area contributed by atoms with E-state index in [1.165, 1.54) is 19.2 Å². The fourth-order valence-electron chi connectivity index (χ4n) is 1.76. The Morgan fingerprint density at radius 3 is 2.75 bits per heavy atom. The molecule has 0 atom stereocenters. The van der Waals surface area contributed by atoms with Gasteiger partial charge in [-0.05, 0) is 31.5 Å². The summed E-state index contributed by atoms with van der Waals surface area (Å²) in [5.41, 5.74) is 1.66. The summed E-state index contributed by atoms with van der Waals surface area (Å²) in [5, 5.41) is 12.8. The molecule has 2 aromatic rings. The summed E-state index contributed by atoms with van der Waals surface area (Å²) in [6, 6.07) is 5.04. The number of fused-ring (bicyclic) bond motifs is 1. The zero-order chi connectivity index (χ0) is 11.9. The number of aromatic nitrogens is 1. The van der Waals surface area contributed by atoms with Crippen LogP contribution in [0.2, 0.25) is 5.02 Å². The third-order valence-corrected chi connectivity index (χ3v) is 2.80. The molecule has 3 nitrogen and oxygen atoms in total. The maximum Gasteiger partial charge on any atom is 0.236 e. The van der Waals surface area contributed by atoms with Crippen molar-refractivity contribution in [2.75, 3.05) is 0 Å². The van der Waals surface area contributed by atoms with Gasteiger partial charge in [0.25, 0.3) is 0 Å². The standard InChI is InChI=1S/C12H10ClNO2/c1-7-5-9(8(2)15)12-10(6-7)11(13)3-4-14(12)16/h3-6H,1-2H3. The number of pyridine rings is 1. The zero-order valence-electron chi connectivity index (χ0n) is 8.95. The van der Waals surface area contributed by atoms with Gasteiger partial charge >= 0.3 is 0 Å². The monoisotopic (exact) mass is 235 g/mol. The Balaban J connectivity index is 3.00. The van der Waals surface area contributed by atoms with Crippen molar-refractivity contribution in [3.63, 3.8) is 0 Å². The number of benzene rings is 1. The van der Waals surface area contributed by atoms with E-state index < -0.39 is 0 Å². The second-order valence-electron chi connectivity index (χ2n) is 3.75. The van der Waals surface area contributed by atoms with Gasteiger partial charge in [0, 0.05) is 6.07 Å². The van der Waals surface area contributed by atoms with Crippen molar-refractivity contribution in [3.05, 3.63) is 45.8 Å². The molecule has 0 unspecified atom stereocenters. The number of hydrogen-bond donors (Lipinski definition) is 0. The van der Waals surface area contributed by atoms with Gasteiger partial charge < -0.3 is 5.21 Å². The Labute approximate surface area is 97.9 Å². The van der Waals surface area contributed by atoms with E-state index >= 15 is 0 Å². The Hall–Kier alpha value is -1.61. The smallest absolute Gasteiger partial charge is 0.236 e. The lowest BCUT2D eigenvalue weighted by molar-refractivity contribution is -0.577. The molecule has 1 aromatic heterocycles. The van der Waals surface area contributed by atoms with Crippen LogP contribution in [0.25, 0.3) is 10.9 Å². The molecule has 1 heterocycles. The molecule has 2 rings (SSSR count). The second kappa shape index (κ2) is 3.76. The van der Waals surface area contributed by atoms with Gasteiger partial charge in [-0.1, -0.05) is 11.6 Å². The van der Waals surface area contributed by atoms with Crippen molar-refractivity contribution in [1.29, 1.82) is 0 Å². The van der Waals surface area contributed by atoms with Crippen LogP contribution in [0.1, 0.15) is 22.8 Å². The number of carbonyl (C=O) groups excluding carboxylic acids is 1. The van der Waals surface area contributed by atoms with Crippen molar-refractivity contribution >= 4 is 28.3 Å². The largest absolute Gasteiger partial charge is 0.618 e. The number of ketones is 1. The van der Waals surface area contributed by atoms with Crippen LogP contribution in [0.3, 0.4) is 0 Å². The lowest BCUT2D eigenvalue weighted by atomic mass is 10.0. The fourth-order valence-corrected chi connectivity index (χ4v) is 1.96. The van der Waals surface area contributed by atoms with Crippen molar-refractivity contribution in [3.8, 4) is 0 Å². The average molecular weight is 236 g/mol. The molecule has 0 aliphatic heterocycles. The second-order valence-corrected chi connectivity index (χ2v) is 4.16. The van der Waals surface area contributed by atoms with E-state index in [0.29, 0.717) is 26.2 Å². The predicted octanol–water partition coefficient (Wildman–Crippen LogP) is 2.64. The topological polar surface area (TPSA) is 44.0 Å². The zero-order valence-corrected chi connectivity index (χ0v) is 9.71. The Kier molecular flexibility index (Phi) is 2.56. The molecule has 0 aliphatic carbocycles. The number of aryl methyl sites for hydroxylation is 1. The van der Waals surface area contributed by atoms with Crippen LogP contribution in [0.4, 0.5) is 0 Å². The van der Waals surface area contributed by atoms with Crippen LogP contribution < -0.4 is 4.73 Å². The molecule has 0 amide bonds. The number of carbonyl (C=O) groups is 1. The summed E-state index contributed by atoms with van der Waals surface area (Å²) in [6.07, 6.45) is 1.31. The van der Waals surface area contributed by atoms with E-state index in [-0.39, 0.29) is 5.78 Å². The highest BCUT2D eigenvalue weighted by molar-refractivity contribution is 6.35. The van der Waals surface area contributed by atoms with E-state index in [1.807, 2.05) is 6.92 Å². The van der Waals surface area contributed by atoms with Crippen LogP contribution >= 0.6 is 11.6 Å². The SMILES string of the molecule is CC(=O)c1cc(C)cc2c(Cl)cc[n+]([O-])c12. The molecule has 0 N–H and O–H groups in total. The molecule has 0 fully saturated rings. The first-order valence-corrected chi connectivity index (χ1v) is 5.21. The summed E-state index contributed by atoms with van der Waals surface area (Å²) in [4.78, 5) is 11.5.